The molecule has 0 radical (unpaired) electrons. The third-order valence-electron chi connectivity index (χ3n) is 5.21. The van der Waals surface area contributed by atoms with Gasteiger partial charge < -0.3 is 10.2 Å². The molecule has 0 saturated heterocycles. The Bertz CT molecular complexity index is 1040. The lowest BCUT2D eigenvalue weighted by Gasteiger charge is -2.20. The molecule has 1 aromatic heterocycles. The molecule has 0 saturated carbocycles. The van der Waals surface area contributed by atoms with Crippen LogP contribution in [0.1, 0.15) is 60.8 Å². The van der Waals surface area contributed by atoms with Gasteiger partial charge in [0.2, 0.25) is 0 Å². The Labute approximate surface area is 202 Å². The summed E-state index contributed by atoms with van der Waals surface area (Å²) in [6.45, 7) is 9.95. The first-order valence-electron chi connectivity index (χ1n) is 11.5. The first-order chi connectivity index (χ1) is 15.8. The van der Waals surface area contributed by atoms with Crippen molar-refractivity contribution in [1.82, 2.24) is 15.3 Å². The molecule has 0 atom stereocenters. The zero-order valence-electron chi connectivity index (χ0n) is 20.2. The zero-order chi connectivity index (χ0) is 23.8. The van der Waals surface area contributed by atoms with Crippen LogP contribution >= 0.6 is 11.8 Å². The average molecular weight is 463 g/mol. The Hall–Kier alpha value is -2.86. The second kappa shape index (κ2) is 11.8. The maximum atomic E-state index is 12.2. The molecule has 0 bridgehead atoms. The van der Waals surface area contributed by atoms with Gasteiger partial charge in [-0.2, -0.15) is 0 Å². The molecule has 0 unspecified atom stereocenters. The van der Waals surface area contributed by atoms with E-state index in [0.29, 0.717) is 23.9 Å². The van der Waals surface area contributed by atoms with E-state index < -0.39 is 0 Å². The van der Waals surface area contributed by atoms with E-state index in [-0.39, 0.29) is 5.91 Å². The molecular weight excluding hydrogens is 428 g/mol. The molecule has 0 aliphatic heterocycles. The van der Waals surface area contributed by atoms with Crippen LogP contribution in [-0.4, -0.2) is 29.5 Å². The standard InChI is InChI=1S/C27H34N4OS/c1-19(2)16-28-26(32)23-13-11-22(12-14-23)18-33-27-29-24(20(3)4)15-25(30-27)31(5)17-21-9-7-6-8-10-21/h6-15,19-20H,16-18H2,1-5H3,(H,28,32). The predicted octanol–water partition coefficient (Wildman–Crippen LogP) is 5.91. The van der Waals surface area contributed by atoms with Crippen LogP contribution in [0.2, 0.25) is 0 Å². The van der Waals surface area contributed by atoms with E-state index in [1.807, 2.05) is 30.3 Å². The lowest BCUT2D eigenvalue weighted by Crippen LogP contribution is -2.27. The molecule has 33 heavy (non-hydrogen) atoms. The lowest BCUT2D eigenvalue weighted by atomic mass is 10.1. The van der Waals surface area contributed by atoms with Gasteiger partial charge in [0.1, 0.15) is 5.82 Å². The van der Waals surface area contributed by atoms with E-state index in [9.17, 15) is 4.79 Å². The number of benzene rings is 2. The number of carbonyl (C=O) groups is 1. The second-order valence-electron chi connectivity index (χ2n) is 9.02. The maximum Gasteiger partial charge on any atom is 0.251 e. The smallest absolute Gasteiger partial charge is 0.251 e. The maximum absolute atomic E-state index is 12.2. The van der Waals surface area contributed by atoms with E-state index in [4.69, 9.17) is 9.97 Å². The molecule has 174 valence electrons. The van der Waals surface area contributed by atoms with Crippen molar-refractivity contribution < 1.29 is 4.79 Å². The molecule has 1 amide bonds. The number of hydrogen-bond donors (Lipinski definition) is 1. The van der Waals surface area contributed by atoms with Gasteiger partial charge in [-0.05, 0) is 35.1 Å². The van der Waals surface area contributed by atoms with E-state index in [0.717, 1.165) is 34.5 Å². The first-order valence-corrected chi connectivity index (χ1v) is 12.4. The quantitative estimate of drug-likeness (QED) is 0.300. The summed E-state index contributed by atoms with van der Waals surface area (Å²) in [4.78, 5) is 24.0. The Morgan fingerprint density at radius 1 is 0.970 bits per heavy atom. The fourth-order valence-electron chi connectivity index (χ4n) is 3.22. The monoisotopic (exact) mass is 462 g/mol. The van der Waals surface area contributed by atoms with Crippen molar-refractivity contribution in [1.29, 1.82) is 0 Å². The van der Waals surface area contributed by atoms with Gasteiger partial charge in [0.25, 0.3) is 5.91 Å². The van der Waals surface area contributed by atoms with Crippen molar-refractivity contribution in [3.63, 3.8) is 0 Å². The van der Waals surface area contributed by atoms with Crippen LogP contribution in [-0.2, 0) is 12.3 Å². The number of amides is 1. The van der Waals surface area contributed by atoms with Crippen LogP contribution < -0.4 is 10.2 Å². The van der Waals surface area contributed by atoms with E-state index >= 15 is 0 Å². The molecule has 3 rings (SSSR count). The van der Waals surface area contributed by atoms with Gasteiger partial charge in [-0.15, -0.1) is 0 Å². The minimum atomic E-state index is -0.0260. The Morgan fingerprint density at radius 3 is 2.30 bits per heavy atom. The summed E-state index contributed by atoms with van der Waals surface area (Å²) in [5.74, 6) is 2.40. The largest absolute Gasteiger partial charge is 0.355 e. The molecule has 5 nitrogen and oxygen atoms in total. The van der Waals surface area contributed by atoms with Gasteiger partial charge >= 0.3 is 0 Å². The summed E-state index contributed by atoms with van der Waals surface area (Å²) in [5.41, 5.74) is 4.11. The van der Waals surface area contributed by atoms with Gasteiger partial charge in [0.05, 0.1) is 0 Å². The zero-order valence-corrected chi connectivity index (χ0v) is 21.0. The molecule has 1 N–H and O–H groups in total. The number of hydrogen-bond acceptors (Lipinski definition) is 5. The van der Waals surface area contributed by atoms with Gasteiger partial charge in [-0.3, -0.25) is 4.79 Å². The summed E-state index contributed by atoms with van der Waals surface area (Å²) in [6.07, 6.45) is 0. The first kappa shape index (κ1) is 24.8. The highest BCUT2D eigenvalue weighted by molar-refractivity contribution is 7.98. The van der Waals surface area contributed by atoms with E-state index in [1.165, 1.54) is 5.56 Å². The lowest BCUT2D eigenvalue weighted by molar-refractivity contribution is 0.0949. The molecule has 0 spiro atoms. The van der Waals surface area contributed by atoms with Crippen molar-refractivity contribution >= 4 is 23.5 Å². The van der Waals surface area contributed by atoms with Crippen molar-refractivity contribution in [2.24, 2.45) is 5.92 Å². The second-order valence-corrected chi connectivity index (χ2v) is 9.96. The number of nitrogens with one attached hydrogen (secondary N) is 1. The Kier molecular flexibility index (Phi) is 8.89. The molecule has 0 fully saturated rings. The number of rotatable bonds is 10. The third kappa shape index (κ3) is 7.60. The summed E-state index contributed by atoms with van der Waals surface area (Å²) in [7, 11) is 2.07. The summed E-state index contributed by atoms with van der Waals surface area (Å²) in [6, 6.07) is 20.3. The number of aromatic nitrogens is 2. The average Bonchev–Trinajstić information content (AvgIpc) is 2.82. The van der Waals surface area contributed by atoms with Crippen LogP contribution in [0.5, 0.6) is 0 Å². The topological polar surface area (TPSA) is 58.1 Å². The highest BCUT2D eigenvalue weighted by Gasteiger charge is 2.13. The minimum absolute atomic E-state index is 0.0260. The highest BCUT2D eigenvalue weighted by atomic mass is 32.2. The van der Waals surface area contributed by atoms with Crippen molar-refractivity contribution in [3.05, 3.63) is 83.0 Å². The van der Waals surface area contributed by atoms with Gasteiger partial charge in [-0.25, -0.2) is 9.97 Å². The molecule has 2 aromatic carbocycles. The molecule has 1 heterocycles. The molecular formula is C27H34N4OS. The van der Waals surface area contributed by atoms with Crippen molar-refractivity contribution in [3.8, 4) is 0 Å². The minimum Gasteiger partial charge on any atom is -0.355 e. The molecule has 3 aromatic rings. The fraction of sp³-hybridized carbons (Fsp3) is 0.370. The van der Waals surface area contributed by atoms with Crippen molar-refractivity contribution in [2.45, 2.75) is 51.1 Å². The van der Waals surface area contributed by atoms with Crippen LogP contribution in [0.3, 0.4) is 0 Å². The fourth-order valence-corrected chi connectivity index (χ4v) is 4.04. The normalized spacial score (nSPS) is 11.1. The van der Waals surface area contributed by atoms with Crippen LogP contribution in [0.15, 0.2) is 65.8 Å². The summed E-state index contributed by atoms with van der Waals surface area (Å²) in [5, 5.41) is 3.73. The van der Waals surface area contributed by atoms with Crippen molar-refractivity contribution in [2.75, 3.05) is 18.5 Å². The van der Waals surface area contributed by atoms with Gasteiger partial charge in [-0.1, -0.05) is 81.9 Å². The summed E-state index contributed by atoms with van der Waals surface area (Å²) >= 11 is 1.62. The van der Waals surface area contributed by atoms with Crippen LogP contribution in [0.4, 0.5) is 5.82 Å². The van der Waals surface area contributed by atoms with E-state index in [2.05, 4.69) is 75.3 Å². The molecule has 0 aliphatic carbocycles. The number of anilines is 1. The number of nitrogens with zero attached hydrogens (tertiary/aromatic N) is 3. The number of thioether (sulfide) groups is 1. The summed E-state index contributed by atoms with van der Waals surface area (Å²) < 4.78 is 0. The highest BCUT2D eigenvalue weighted by Crippen LogP contribution is 2.26. The van der Waals surface area contributed by atoms with Gasteiger partial charge in [0.15, 0.2) is 5.16 Å². The van der Waals surface area contributed by atoms with Gasteiger partial charge in [0, 0.05) is 43.2 Å². The Morgan fingerprint density at radius 2 is 1.67 bits per heavy atom. The number of carbonyl (C=O) groups excluding carboxylic acids is 1. The van der Waals surface area contributed by atoms with Crippen LogP contribution in [0, 0.1) is 5.92 Å². The van der Waals surface area contributed by atoms with Crippen LogP contribution in [0.25, 0.3) is 0 Å². The SMILES string of the molecule is CC(C)CNC(=O)c1ccc(CSc2nc(C(C)C)cc(N(C)Cc3ccccc3)n2)cc1. The van der Waals surface area contributed by atoms with E-state index in [1.54, 1.807) is 11.8 Å². The predicted molar refractivity (Wildman–Crippen MR) is 138 cm³/mol. The third-order valence-corrected chi connectivity index (χ3v) is 6.13. The molecule has 0 aliphatic rings. The molecule has 6 heteroatoms. The Balaban J connectivity index is 1.68.